The van der Waals surface area contributed by atoms with E-state index in [1.807, 2.05) is 6.07 Å². The normalized spacial score (nSPS) is 18.8. The van der Waals surface area contributed by atoms with Crippen LogP contribution in [0.1, 0.15) is 23.2 Å². The topological polar surface area (TPSA) is 41.0 Å². The molecule has 1 fully saturated rings. The minimum atomic E-state index is -4.45. The van der Waals surface area contributed by atoms with E-state index in [4.69, 9.17) is 0 Å². The summed E-state index contributed by atoms with van der Waals surface area (Å²) >= 11 is 0. The summed E-state index contributed by atoms with van der Waals surface area (Å²) in [7, 11) is 0. The molecule has 1 aliphatic heterocycles. The summed E-state index contributed by atoms with van der Waals surface area (Å²) in [6.07, 6.45) is -2.46. The lowest BCUT2D eigenvalue weighted by Crippen LogP contribution is -2.27. The van der Waals surface area contributed by atoms with Gasteiger partial charge in [-0.05, 0) is 25.0 Å². The lowest BCUT2D eigenvalue weighted by Gasteiger charge is -2.17. The number of alkyl halides is 3. The third-order valence-electron chi connectivity index (χ3n) is 4.04. The van der Waals surface area contributed by atoms with E-state index >= 15 is 0 Å². The van der Waals surface area contributed by atoms with Crippen molar-refractivity contribution in [2.75, 3.05) is 18.4 Å². The highest BCUT2D eigenvalue weighted by atomic mass is 19.4. The Labute approximate surface area is 138 Å². The van der Waals surface area contributed by atoms with Gasteiger partial charge in [-0.3, -0.25) is 4.90 Å². The molecule has 0 aliphatic carbocycles. The predicted molar refractivity (Wildman–Crippen MR) is 85.5 cm³/mol. The fourth-order valence-electron chi connectivity index (χ4n) is 2.93. The number of anilines is 1. The number of rotatable bonds is 4. The van der Waals surface area contributed by atoms with Crippen LogP contribution in [0.15, 0.2) is 36.5 Å². The van der Waals surface area contributed by atoms with Crippen LogP contribution in [0.3, 0.4) is 0 Å². The third kappa shape index (κ3) is 4.23. The van der Waals surface area contributed by atoms with Crippen LogP contribution in [0, 0.1) is 6.92 Å². The van der Waals surface area contributed by atoms with E-state index in [0.717, 1.165) is 38.3 Å². The van der Waals surface area contributed by atoms with Gasteiger partial charge in [-0.1, -0.05) is 29.8 Å². The van der Waals surface area contributed by atoms with Crippen LogP contribution in [0.4, 0.5) is 19.1 Å². The molecule has 0 amide bonds. The molecule has 0 spiro atoms. The summed E-state index contributed by atoms with van der Waals surface area (Å²) in [4.78, 5) is 9.74. The van der Waals surface area contributed by atoms with Crippen LogP contribution in [-0.4, -0.2) is 34.0 Å². The molecule has 2 aromatic rings. The maximum atomic E-state index is 12.7. The Morgan fingerprint density at radius 1 is 1.29 bits per heavy atom. The van der Waals surface area contributed by atoms with Gasteiger partial charge in [-0.25, -0.2) is 9.97 Å². The van der Waals surface area contributed by atoms with Crippen LogP contribution in [-0.2, 0) is 12.7 Å². The SMILES string of the molecule is Cc1cccc(CN2CCC(Nc3nccc(C(F)(F)F)n3)C2)c1. The van der Waals surface area contributed by atoms with Crippen molar-refractivity contribution in [3.8, 4) is 0 Å². The molecule has 2 heterocycles. The third-order valence-corrected chi connectivity index (χ3v) is 4.04. The highest BCUT2D eigenvalue weighted by Crippen LogP contribution is 2.27. The molecule has 7 heteroatoms. The van der Waals surface area contributed by atoms with Gasteiger partial charge < -0.3 is 5.32 Å². The van der Waals surface area contributed by atoms with Crippen LogP contribution in [0.25, 0.3) is 0 Å². The van der Waals surface area contributed by atoms with Crippen molar-refractivity contribution in [3.63, 3.8) is 0 Å². The molecule has 1 unspecified atom stereocenters. The molecule has 24 heavy (non-hydrogen) atoms. The number of nitrogens with one attached hydrogen (secondary N) is 1. The Hall–Kier alpha value is -2.15. The maximum Gasteiger partial charge on any atom is 0.433 e. The number of aromatic nitrogens is 2. The van der Waals surface area contributed by atoms with Crippen LogP contribution in [0.2, 0.25) is 0 Å². The van der Waals surface area contributed by atoms with Gasteiger partial charge in [0.1, 0.15) is 5.69 Å². The Kier molecular flexibility index (Phi) is 4.71. The van der Waals surface area contributed by atoms with E-state index in [1.165, 1.54) is 11.1 Å². The van der Waals surface area contributed by atoms with Crippen LogP contribution < -0.4 is 5.32 Å². The van der Waals surface area contributed by atoms with Crippen molar-refractivity contribution in [2.24, 2.45) is 0 Å². The Morgan fingerprint density at radius 3 is 2.88 bits per heavy atom. The van der Waals surface area contributed by atoms with Gasteiger partial charge in [-0.15, -0.1) is 0 Å². The molecule has 4 nitrogen and oxygen atoms in total. The van der Waals surface area contributed by atoms with Crippen LogP contribution >= 0.6 is 0 Å². The van der Waals surface area contributed by atoms with Crippen molar-refractivity contribution in [2.45, 2.75) is 32.1 Å². The summed E-state index contributed by atoms with van der Waals surface area (Å²) in [5.41, 5.74) is 1.54. The fourth-order valence-corrected chi connectivity index (χ4v) is 2.93. The van der Waals surface area contributed by atoms with Gasteiger partial charge in [0.05, 0.1) is 0 Å². The molecule has 1 aromatic carbocycles. The molecular weight excluding hydrogens is 317 g/mol. The molecule has 0 saturated carbocycles. The van der Waals surface area contributed by atoms with Crippen molar-refractivity contribution in [3.05, 3.63) is 53.3 Å². The van der Waals surface area contributed by atoms with Crippen molar-refractivity contribution < 1.29 is 13.2 Å². The molecule has 1 aliphatic rings. The largest absolute Gasteiger partial charge is 0.433 e. The van der Waals surface area contributed by atoms with E-state index in [-0.39, 0.29) is 12.0 Å². The highest BCUT2D eigenvalue weighted by molar-refractivity contribution is 5.28. The van der Waals surface area contributed by atoms with E-state index in [2.05, 4.69) is 45.3 Å². The highest BCUT2D eigenvalue weighted by Gasteiger charge is 2.33. The number of likely N-dealkylation sites (tertiary alicyclic amines) is 1. The van der Waals surface area contributed by atoms with E-state index in [1.54, 1.807) is 0 Å². The molecule has 128 valence electrons. The van der Waals surface area contributed by atoms with Gasteiger partial charge in [0, 0.05) is 31.9 Å². The zero-order chi connectivity index (χ0) is 17.2. The lowest BCUT2D eigenvalue weighted by atomic mass is 10.1. The van der Waals surface area contributed by atoms with Crippen molar-refractivity contribution in [1.82, 2.24) is 14.9 Å². The summed E-state index contributed by atoms with van der Waals surface area (Å²) in [5.74, 6) is 0.0345. The van der Waals surface area contributed by atoms with E-state index in [9.17, 15) is 13.2 Å². The van der Waals surface area contributed by atoms with Crippen molar-refractivity contribution >= 4 is 5.95 Å². The standard InChI is InChI=1S/C17H19F3N4/c1-12-3-2-4-13(9-12)10-24-8-6-14(11-24)22-16-21-7-5-15(23-16)17(18,19)20/h2-5,7,9,14H,6,8,10-11H2,1H3,(H,21,22,23). The molecular formula is C17H19F3N4. The zero-order valence-corrected chi connectivity index (χ0v) is 13.3. The van der Waals surface area contributed by atoms with Gasteiger partial charge >= 0.3 is 6.18 Å². The first-order valence-electron chi connectivity index (χ1n) is 7.85. The minimum absolute atomic E-state index is 0.0345. The number of hydrogen-bond donors (Lipinski definition) is 1. The molecule has 1 N–H and O–H groups in total. The van der Waals surface area contributed by atoms with Gasteiger partial charge in [0.25, 0.3) is 0 Å². The number of nitrogens with zero attached hydrogens (tertiary/aromatic N) is 3. The molecule has 0 radical (unpaired) electrons. The predicted octanol–water partition coefficient (Wildman–Crippen LogP) is 3.49. The van der Waals surface area contributed by atoms with E-state index in [0.29, 0.717) is 0 Å². The lowest BCUT2D eigenvalue weighted by molar-refractivity contribution is -0.141. The average Bonchev–Trinajstić information content (AvgIpc) is 2.94. The monoisotopic (exact) mass is 336 g/mol. The summed E-state index contributed by atoms with van der Waals surface area (Å²) in [6, 6.07) is 9.26. The number of halogens is 3. The second kappa shape index (κ2) is 6.76. The van der Waals surface area contributed by atoms with Crippen LogP contribution in [0.5, 0.6) is 0 Å². The molecule has 3 rings (SSSR count). The molecule has 1 atom stereocenters. The smallest absolute Gasteiger partial charge is 0.350 e. The molecule has 0 bridgehead atoms. The second-order valence-electron chi connectivity index (χ2n) is 6.12. The zero-order valence-electron chi connectivity index (χ0n) is 13.3. The molecule has 1 saturated heterocycles. The number of aryl methyl sites for hydroxylation is 1. The van der Waals surface area contributed by atoms with Gasteiger partial charge in [0.2, 0.25) is 5.95 Å². The average molecular weight is 336 g/mol. The summed E-state index contributed by atoms with van der Waals surface area (Å²) in [6.45, 7) is 4.55. The van der Waals surface area contributed by atoms with Gasteiger partial charge in [0.15, 0.2) is 0 Å². The minimum Gasteiger partial charge on any atom is -0.350 e. The number of hydrogen-bond acceptors (Lipinski definition) is 4. The summed E-state index contributed by atoms with van der Waals surface area (Å²) < 4.78 is 38.1. The Morgan fingerprint density at radius 2 is 2.12 bits per heavy atom. The number of benzene rings is 1. The maximum absolute atomic E-state index is 12.7. The molecule has 1 aromatic heterocycles. The Bertz CT molecular complexity index is 702. The van der Waals surface area contributed by atoms with Crippen molar-refractivity contribution in [1.29, 1.82) is 0 Å². The first-order chi connectivity index (χ1) is 11.4. The first-order valence-corrected chi connectivity index (χ1v) is 7.85. The first kappa shape index (κ1) is 16.7. The van der Waals surface area contributed by atoms with Gasteiger partial charge in [-0.2, -0.15) is 13.2 Å². The second-order valence-corrected chi connectivity index (χ2v) is 6.12. The van der Waals surface area contributed by atoms with E-state index < -0.39 is 11.9 Å². The quantitative estimate of drug-likeness (QED) is 0.928. The summed E-state index contributed by atoms with van der Waals surface area (Å²) in [5, 5.41) is 3.02. The Balaban J connectivity index is 1.58. The fraction of sp³-hybridized carbons (Fsp3) is 0.412.